The first kappa shape index (κ1) is 37.4. The number of aromatic nitrogens is 3. The van der Waals surface area contributed by atoms with Crippen LogP contribution in [0.25, 0.3) is 10.8 Å². The number of likely N-dealkylation sites (tertiary alicyclic amines) is 1. The first-order valence-corrected chi connectivity index (χ1v) is 18.7. The fraction of sp³-hybridized carbons (Fsp3) is 0.590. The molecule has 0 radical (unpaired) electrons. The van der Waals surface area contributed by atoms with Crippen LogP contribution in [0.4, 0.5) is 0 Å². The van der Waals surface area contributed by atoms with E-state index in [-0.39, 0.29) is 24.8 Å². The van der Waals surface area contributed by atoms with Gasteiger partial charge in [-0.05, 0) is 61.9 Å². The van der Waals surface area contributed by atoms with E-state index >= 15 is 0 Å². The van der Waals surface area contributed by atoms with E-state index in [0.717, 1.165) is 49.3 Å². The lowest BCUT2D eigenvalue weighted by molar-refractivity contribution is -0.158. The van der Waals surface area contributed by atoms with Crippen molar-refractivity contribution in [3.8, 4) is 0 Å². The average molecular weight is 717 g/mol. The second-order valence-electron chi connectivity index (χ2n) is 15.5. The van der Waals surface area contributed by atoms with Gasteiger partial charge in [-0.3, -0.25) is 14.4 Å². The van der Waals surface area contributed by atoms with Gasteiger partial charge >= 0.3 is 5.97 Å². The molecule has 2 saturated carbocycles. The summed E-state index contributed by atoms with van der Waals surface area (Å²) in [7, 11) is 1.20. The monoisotopic (exact) mass is 716 g/mol. The minimum absolute atomic E-state index is 0.0723. The lowest BCUT2D eigenvalue weighted by atomic mass is 9.77. The molecule has 4 N–H and O–H groups in total. The number of hydrogen-bond acceptors (Lipinski definition) is 9. The number of fused-ring (bicyclic) bond motifs is 1. The van der Waals surface area contributed by atoms with Crippen molar-refractivity contribution in [3.05, 3.63) is 59.9 Å². The van der Waals surface area contributed by atoms with Gasteiger partial charge in [0.1, 0.15) is 17.7 Å². The number of aliphatic hydroxyl groups is 2. The van der Waals surface area contributed by atoms with Crippen LogP contribution in [0.1, 0.15) is 113 Å². The van der Waals surface area contributed by atoms with Crippen LogP contribution in [0.15, 0.2) is 48.7 Å². The number of carbonyl (C=O) groups is 4. The van der Waals surface area contributed by atoms with Gasteiger partial charge in [0.25, 0.3) is 5.91 Å². The number of hydrogen-bond donors (Lipinski definition) is 4. The van der Waals surface area contributed by atoms with Crippen molar-refractivity contribution in [2.45, 2.75) is 126 Å². The van der Waals surface area contributed by atoms with Crippen LogP contribution in [0.3, 0.4) is 0 Å². The molecule has 1 aromatic heterocycles. The predicted octanol–water partition coefficient (Wildman–Crippen LogP) is 3.92. The Bertz CT molecular complexity index is 1760. The zero-order valence-electron chi connectivity index (χ0n) is 30.4. The Balaban J connectivity index is 1.33. The van der Waals surface area contributed by atoms with E-state index < -0.39 is 53.2 Å². The maximum atomic E-state index is 14.9. The van der Waals surface area contributed by atoms with Gasteiger partial charge in [0.05, 0.1) is 30.6 Å². The van der Waals surface area contributed by atoms with Gasteiger partial charge in [-0.1, -0.05) is 86.9 Å². The number of nitrogens with zero attached hydrogens (tertiary/aromatic N) is 4. The fourth-order valence-electron chi connectivity index (χ4n) is 8.50. The first-order chi connectivity index (χ1) is 24.9. The number of nitrogens with one attached hydrogen (secondary N) is 2. The van der Waals surface area contributed by atoms with Crippen LogP contribution in [0.5, 0.6) is 0 Å². The Kier molecular flexibility index (Phi) is 11.3. The van der Waals surface area contributed by atoms with Crippen LogP contribution in [0, 0.1) is 5.92 Å². The average Bonchev–Trinajstić information content (AvgIpc) is 3.83. The molecule has 1 aliphatic heterocycles. The van der Waals surface area contributed by atoms with Gasteiger partial charge in [-0.15, -0.1) is 5.10 Å². The summed E-state index contributed by atoms with van der Waals surface area (Å²) in [6.07, 6.45) is 8.63. The normalized spacial score (nSPS) is 22.1. The fourth-order valence-corrected chi connectivity index (χ4v) is 8.50. The molecule has 13 heteroatoms. The lowest BCUT2D eigenvalue weighted by Crippen LogP contribution is -2.63. The highest BCUT2D eigenvalue weighted by atomic mass is 16.5. The molecule has 52 heavy (non-hydrogen) atoms. The van der Waals surface area contributed by atoms with Gasteiger partial charge in [0.2, 0.25) is 11.8 Å². The van der Waals surface area contributed by atoms with Gasteiger partial charge in [0, 0.05) is 18.5 Å². The predicted molar refractivity (Wildman–Crippen MR) is 193 cm³/mol. The Labute approximate surface area is 304 Å². The van der Waals surface area contributed by atoms with Crippen LogP contribution >= 0.6 is 0 Å². The number of ether oxygens (including phenoxy) is 1. The largest absolute Gasteiger partial charge is 0.467 e. The van der Waals surface area contributed by atoms with Crippen molar-refractivity contribution in [3.63, 3.8) is 0 Å². The van der Waals surface area contributed by atoms with E-state index in [1.165, 1.54) is 18.2 Å². The third kappa shape index (κ3) is 8.00. The van der Waals surface area contributed by atoms with E-state index in [0.29, 0.717) is 43.4 Å². The van der Waals surface area contributed by atoms with Crippen molar-refractivity contribution in [2.75, 3.05) is 13.7 Å². The summed E-state index contributed by atoms with van der Waals surface area (Å²) in [5, 5.41) is 38.4. The molecule has 2 heterocycles. The van der Waals surface area contributed by atoms with Crippen molar-refractivity contribution >= 4 is 34.5 Å². The standard InChI is InChI=1S/C39H52N6O7/c1-38(2,51)32-23-40-43-45(32)29-22-31(35(48)42-39(18-10-5-11-19-39)33(46)37(50)52-3)44(24-29)36(49)30(20-25-12-6-4-7-13-25)41-34(47)28-17-16-26-14-8-9-15-27(26)21-28/h8-9,14-17,21,23,25,29-31,33,46,51H,4-7,10-13,18-20,22,24H2,1-3H3,(H,41,47)(H,42,48)/t29-,30+,31-,33?/m0/s1. The van der Waals surface area contributed by atoms with E-state index in [1.54, 1.807) is 24.6 Å². The lowest BCUT2D eigenvalue weighted by Gasteiger charge is -2.41. The molecule has 6 rings (SSSR count). The maximum Gasteiger partial charge on any atom is 0.337 e. The highest BCUT2D eigenvalue weighted by Crippen LogP contribution is 2.36. The van der Waals surface area contributed by atoms with E-state index in [9.17, 15) is 29.4 Å². The Morgan fingerprint density at radius 1 is 1.00 bits per heavy atom. The third-order valence-corrected chi connectivity index (χ3v) is 11.4. The molecule has 0 bridgehead atoms. The molecular formula is C39H52N6O7. The molecule has 1 unspecified atom stereocenters. The minimum atomic E-state index is -1.58. The molecule has 13 nitrogen and oxygen atoms in total. The number of rotatable bonds is 11. The van der Waals surface area contributed by atoms with Crippen LogP contribution in [-0.2, 0) is 24.7 Å². The van der Waals surface area contributed by atoms with Gasteiger partial charge in [0.15, 0.2) is 6.10 Å². The van der Waals surface area contributed by atoms with E-state index in [4.69, 9.17) is 4.74 Å². The molecule has 1 saturated heterocycles. The van der Waals surface area contributed by atoms with Crippen LogP contribution < -0.4 is 10.6 Å². The molecule has 2 aromatic carbocycles. The number of methoxy groups -OCH3 is 1. The van der Waals surface area contributed by atoms with Crippen molar-refractivity contribution in [2.24, 2.45) is 5.92 Å². The smallest absolute Gasteiger partial charge is 0.337 e. The summed E-state index contributed by atoms with van der Waals surface area (Å²) in [5.41, 5.74) is -1.69. The van der Waals surface area contributed by atoms with Crippen molar-refractivity contribution in [1.82, 2.24) is 30.5 Å². The molecule has 3 aliphatic rings. The summed E-state index contributed by atoms with van der Waals surface area (Å²) >= 11 is 0. The van der Waals surface area contributed by atoms with Crippen LogP contribution in [0.2, 0.25) is 0 Å². The summed E-state index contributed by atoms with van der Waals surface area (Å²) in [6.45, 7) is 3.31. The molecule has 280 valence electrons. The Hall–Kier alpha value is -4.36. The summed E-state index contributed by atoms with van der Waals surface area (Å²) in [4.78, 5) is 57.4. The Morgan fingerprint density at radius 3 is 2.38 bits per heavy atom. The molecule has 3 aromatic rings. The highest BCUT2D eigenvalue weighted by molar-refractivity contribution is 6.01. The van der Waals surface area contributed by atoms with Crippen molar-refractivity contribution in [1.29, 1.82) is 0 Å². The molecule has 4 atom stereocenters. The molecule has 2 aliphatic carbocycles. The maximum absolute atomic E-state index is 14.9. The quantitative estimate of drug-likeness (QED) is 0.214. The number of benzene rings is 2. The van der Waals surface area contributed by atoms with Gasteiger partial charge < -0.3 is 30.5 Å². The minimum Gasteiger partial charge on any atom is -0.467 e. The van der Waals surface area contributed by atoms with Crippen LogP contribution in [-0.4, -0.2) is 91.2 Å². The number of aliphatic hydroxyl groups excluding tert-OH is 1. The molecular weight excluding hydrogens is 664 g/mol. The zero-order chi connectivity index (χ0) is 37.0. The van der Waals surface area contributed by atoms with Gasteiger partial charge in [-0.2, -0.15) is 0 Å². The SMILES string of the molecule is COC(=O)C(O)C1(NC(=O)[C@@H]2C[C@H](n3nncc3C(C)(C)O)CN2C(=O)[C@@H](CC2CCCCC2)NC(=O)c2ccc3ccccc3c2)CCCCC1. The van der Waals surface area contributed by atoms with E-state index in [1.807, 2.05) is 36.4 Å². The first-order valence-electron chi connectivity index (χ1n) is 18.7. The topological polar surface area (TPSA) is 176 Å². The molecule has 0 spiro atoms. The highest BCUT2D eigenvalue weighted by Gasteiger charge is 2.49. The molecule has 3 fully saturated rings. The second-order valence-corrected chi connectivity index (χ2v) is 15.5. The third-order valence-electron chi connectivity index (χ3n) is 11.4. The zero-order valence-corrected chi connectivity index (χ0v) is 30.4. The van der Waals surface area contributed by atoms with E-state index in [2.05, 4.69) is 20.9 Å². The molecule has 3 amide bonds. The summed E-state index contributed by atoms with van der Waals surface area (Å²) < 4.78 is 6.45. The number of esters is 1. The summed E-state index contributed by atoms with van der Waals surface area (Å²) in [6, 6.07) is 10.7. The van der Waals surface area contributed by atoms with Crippen molar-refractivity contribution < 1.29 is 34.1 Å². The Morgan fingerprint density at radius 2 is 1.69 bits per heavy atom. The second kappa shape index (κ2) is 15.7. The van der Waals surface area contributed by atoms with Gasteiger partial charge in [-0.25, -0.2) is 9.48 Å². The number of carbonyl (C=O) groups excluding carboxylic acids is 4. The number of amides is 3. The summed E-state index contributed by atoms with van der Waals surface area (Å²) in [5.74, 6) is -1.88.